The Morgan fingerprint density at radius 1 is 1.43 bits per heavy atom. The highest BCUT2D eigenvalue weighted by atomic mass is 16.6. The molecule has 3 heteroatoms. The average Bonchev–Trinajstić information content (AvgIpc) is 2.69. The summed E-state index contributed by atoms with van der Waals surface area (Å²) >= 11 is 0. The summed E-state index contributed by atoms with van der Waals surface area (Å²) in [4.78, 5) is 11.0. The lowest BCUT2D eigenvalue weighted by Crippen LogP contribution is -2.05. The average molecular weight is 200 g/mol. The Bertz CT molecular complexity index is 199. The fourth-order valence-corrected chi connectivity index (χ4v) is 1.57. The van der Waals surface area contributed by atoms with E-state index in [1.807, 2.05) is 6.92 Å². The van der Waals surface area contributed by atoms with Crippen LogP contribution in [0.25, 0.3) is 0 Å². The van der Waals surface area contributed by atoms with Crippen LogP contribution in [0.3, 0.4) is 0 Å². The number of ether oxygens (including phenoxy) is 2. The molecule has 1 aliphatic heterocycles. The molecule has 3 nitrogen and oxygen atoms in total. The Hall–Kier alpha value is -0.570. The highest BCUT2D eigenvalue weighted by Gasteiger charge is 2.46. The third-order valence-electron chi connectivity index (χ3n) is 2.57. The van der Waals surface area contributed by atoms with E-state index in [4.69, 9.17) is 9.47 Å². The summed E-state index contributed by atoms with van der Waals surface area (Å²) in [5.41, 5.74) is 0.0872. The van der Waals surface area contributed by atoms with Gasteiger partial charge in [0.05, 0.1) is 18.3 Å². The van der Waals surface area contributed by atoms with Crippen LogP contribution in [0.4, 0.5) is 0 Å². The number of carbonyl (C=O) groups is 1. The van der Waals surface area contributed by atoms with Crippen LogP contribution >= 0.6 is 0 Å². The lowest BCUT2D eigenvalue weighted by molar-refractivity contribution is -0.143. The van der Waals surface area contributed by atoms with Crippen LogP contribution in [0.2, 0.25) is 0 Å². The standard InChI is InChI=1S/C11H20O3/c1-4-13-10(12)8-6-5-7-9-11(2,3)14-9/h9H,4-8H2,1-3H3. The van der Waals surface area contributed by atoms with Crippen LogP contribution in [-0.4, -0.2) is 24.3 Å². The Balaban J connectivity index is 1.93. The normalized spacial score (nSPS) is 23.2. The second-order valence-electron chi connectivity index (χ2n) is 4.26. The third kappa shape index (κ3) is 3.66. The van der Waals surface area contributed by atoms with Crippen molar-refractivity contribution in [2.45, 2.75) is 58.2 Å². The van der Waals surface area contributed by atoms with Gasteiger partial charge in [0.2, 0.25) is 0 Å². The number of carbonyl (C=O) groups excluding carboxylic acids is 1. The fourth-order valence-electron chi connectivity index (χ4n) is 1.57. The molecule has 0 spiro atoms. The maximum absolute atomic E-state index is 11.0. The number of esters is 1. The molecule has 0 saturated carbocycles. The van der Waals surface area contributed by atoms with Crippen LogP contribution in [-0.2, 0) is 14.3 Å². The third-order valence-corrected chi connectivity index (χ3v) is 2.57. The van der Waals surface area contributed by atoms with Gasteiger partial charge in [-0.25, -0.2) is 0 Å². The molecule has 14 heavy (non-hydrogen) atoms. The van der Waals surface area contributed by atoms with Gasteiger partial charge in [0.1, 0.15) is 0 Å². The van der Waals surface area contributed by atoms with E-state index in [-0.39, 0.29) is 11.6 Å². The first-order valence-corrected chi connectivity index (χ1v) is 5.39. The summed E-state index contributed by atoms with van der Waals surface area (Å²) in [6.45, 7) is 6.52. The van der Waals surface area contributed by atoms with Gasteiger partial charge in [0, 0.05) is 6.42 Å². The maximum atomic E-state index is 11.0. The summed E-state index contributed by atoms with van der Waals surface area (Å²) in [6.07, 6.45) is 3.97. The van der Waals surface area contributed by atoms with Gasteiger partial charge in [-0.05, 0) is 33.6 Å². The van der Waals surface area contributed by atoms with Crippen molar-refractivity contribution in [1.29, 1.82) is 0 Å². The largest absolute Gasteiger partial charge is 0.466 e. The van der Waals surface area contributed by atoms with Crippen molar-refractivity contribution in [3.63, 3.8) is 0 Å². The molecule has 1 rings (SSSR count). The zero-order valence-electron chi connectivity index (χ0n) is 9.34. The second kappa shape index (κ2) is 4.78. The molecular weight excluding hydrogens is 180 g/mol. The number of rotatable bonds is 6. The van der Waals surface area contributed by atoms with Crippen LogP contribution in [0.1, 0.15) is 46.5 Å². The van der Waals surface area contributed by atoms with E-state index in [0.29, 0.717) is 19.1 Å². The highest BCUT2D eigenvalue weighted by Crippen LogP contribution is 2.38. The summed E-state index contributed by atoms with van der Waals surface area (Å²) < 4.78 is 10.3. The minimum absolute atomic E-state index is 0.0801. The molecule has 1 fully saturated rings. The van der Waals surface area contributed by atoms with Crippen LogP contribution in [0.15, 0.2) is 0 Å². The predicted octanol–water partition coefficient (Wildman–Crippen LogP) is 2.29. The molecule has 1 atom stereocenters. The van der Waals surface area contributed by atoms with E-state index >= 15 is 0 Å². The fraction of sp³-hybridized carbons (Fsp3) is 0.909. The van der Waals surface area contributed by atoms with Gasteiger partial charge in [-0.2, -0.15) is 0 Å². The Morgan fingerprint density at radius 2 is 2.07 bits per heavy atom. The Morgan fingerprint density at radius 3 is 2.57 bits per heavy atom. The van der Waals surface area contributed by atoms with Gasteiger partial charge >= 0.3 is 5.97 Å². The molecule has 1 unspecified atom stereocenters. The van der Waals surface area contributed by atoms with Crippen molar-refractivity contribution in [1.82, 2.24) is 0 Å². The number of hydrogen-bond acceptors (Lipinski definition) is 3. The first kappa shape index (κ1) is 11.5. The highest BCUT2D eigenvalue weighted by molar-refractivity contribution is 5.69. The quantitative estimate of drug-likeness (QED) is 0.375. The van der Waals surface area contributed by atoms with Crippen molar-refractivity contribution < 1.29 is 14.3 Å². The van der Waals surface area contributed by atoms with E-state index < -0.39 is 0 Å². The van der Waals surface area contributed by atoms with Crippen molar-refractivity contribution in [3.05, 3.63) is 0 Å². The van der Waals surface area contributed by atoms with E-state index in [9.17, 15) is 4.79 Å². The van der Waals surface area contributed by atoms with E-state index in [2.05, 4.69) is 13.8 Å². The smallest absolute Gasteiger partial charge is 0.305 e. The van der Waals surface area contributed by atoms with E-state index in [1.54, 1.807) is 0 Å². The van der Waals surface area contributed by atoms with Crippen molar-refractivity contribution in [2.75, 3.05) is 6.61 Å². The van der Waals surface area contributed by atoms with Crippen molar-refractivity contribution >= 4 is 5.97 Å². The molecule has 82 valence electrons. The Kier molecular flexibility index (Phi) is 3.93. The lowest BCUT2D eigenvalue weighted by atomic mass is 10.0. The van der Waals surface area contributed by atoms with Crippen LogP contribution < -0.4 is 0 Å². The van der Waals surface area contributed by atoms with Crippen LogP contribution in [0, 0.1) is 0 Å². The minimum atomic E-state index is -0.0801. The zero-order chi connectivity index (χ0) is 10.6. The number of unbranched alkanes of at least 4 members (excludes halogenated alkanes) is 1. The zero-order valence-corrected chi connectivity index (χ0v) is 9.34. The van der Waals surface area contributed by atoms with Gasteiger partial charge in [0.15, 0.2) is 0 Å². The lowest BCUT2D eigenvalue weighted by Gasteiger charge is -2.01. The van der Waals surface area contributed by atoms with Crippen LogP contribution in [0.5, 0.6) is 0 Å². The molecule has 0 N–H and O–H groups in total. The molecule has 0 bridgehead atoms. The molecule has 1 heterocycles. The topological polar surface area (TPSA) is 38.8 Å². The summed E-state index contributed by atoms with van der Waals surface area (Å²) in [5, 5.41) is 0. The van der Waals surface area contributed by atoms with Crippen molar-refractivity contribution in [2.24, 2.45) is 0 Å². The summed E-state index contributed by atoms with van der Waals surface area (Å²) in [7, 11) is 0. The predicted molar refractivity (Wildman–Crippen MR) is 54.1 cm³/mol. The molecule has 0 amide bonds. The Labute approximate surface area is 85.8 Å². The second-order valence-corrected chi connectivity index (χ2v) is 4.26. The monoisotopic (exact) mass is 200 g/mol. The van der Waals surface area contributed by atoms with Gasteiger partial charge in [-0.15, -0.1) is 0 Å². The SMILES string of the molecule is CCOC(=O)CCCCC1OC1(C)C. The first-order valence-electron chi connectivity index (χ1n) is 5.39. The molecule has 1 aliphatic rings. The summed E-state index contributed by atoms with van der Waals surface area (Å²) in [5.74, 6) is -0.0801. The first-order chi connectivity index (χ1) is 6.56. The molecule has 0 aromatic heterocycles. The van der Waals surface area contributed by atoms with Gasteiger partial charge in [-0.3, -0.25) is 4.79 Å². The number of hydrogen-bond donors (Lipinski definition) is 0. The maximum Gasteiger partial charge on any atom is 0.305 e. The van der Waals surface area contributed by atoms with Gasteiger partial charge < -0.3 is 9.47 Å². The van der Waals surface area contributed by atoms with Crippen molar-refractivity contribution in [3.8, 4) is 0 Å². The molecule has 1 saturated heterocycles. The molecule has 0 aromatic rings. The minimum Gasteiger partial charge on any atom is -0.466 e. The molecule has 0 aromatic carbocycles. The molecular formula is C11H20O3. The molecule has 0 radical (unpaired) electrons. The van der Waals surface area contributed by atoms with Gasteiger partial charge in [-0.1, -0.05) is 6.42 Å². The van der Waals surface area contributed by atoms with Gasteiger partial charge in [0.25, 0.3) is 0 Å². The number of epoxide rings is 1. The van der Waals surface area contributed by atoms with E-state index in [1.165, 1.54) is 0 Å². The summed E-state index contributed by atoms with van der Waals surface area (Å²) in [6, 6.07) is 0. The van der Waals surface area contributed by atoms with E-state index in [0.717, 1.165) is 19.3 Å². The molecule has 0 aliphatic carbocycles.